The molecule has 172 valence electrons. The van der Waals surface area contributed by atoms with Crippen LogP contribution in [0.3, 0.4) is 0 Å². The highest BCUT2D eigenvalue weighted by Crippen LogP contribution is 2.27. The van der Waals surface area contributed by atoms with Crippen LogP contribution in [0.2, 0.25) is 0 Å². The lowest BCUT2D eigenvalue weighted by molar-refractivity contribution is -0.154. The van der Waals surface area contributed by atoms with Crippen molar-refractivity contribution in [1.82, 2.24) is 24.7 Å². The highest BCUT2D eigenvalue weighted by atomic mass is 19.4. The summed E-state index contributed by atoms with van der Waals surface area (Å²) < 4.78 is 48.7. The monoisotopic (exact) mass is 460 g/mol. The van der Waals surface area contributed by atoms with Gasteiger partial charge >= 0.3 is 6.18 Å². The number of rotatable bonds is 7. The van der Waals surface area contributed by atoms with Crippen molar-refractivity contribution >= 4 is 22.6 Å². The predicted molar refractivity (Wildman–Crippen MR) is 111 cm³/mol. The highest BCUT2D eigenvalue weighted by Gasteiger charge is 2.29. The molecule has 1 amide bonds. The van der Waals surface area contributed by atoms with Gasteiger partial charge in [-0.15, -0.1) is 0 Å². The highest BCUT2D eigenvalue weighted by molar-refractivity contribution is 5.99. The second kappa shape index (κ2) is 8.88. The molecule has 4 heterocycles. The Bertz CT molecular complexity index is 1270. The number of hydrogen-bond acceptors (Lipinski definition) is 7. The number of aromatic nitrogens is 5. The van der Waals surface area contributed by atoms with Crippen LogP contribution in [0.15, 0.2) is 47.7 Å². The first-order chi connectivity index (χ1) is 15.7. The molecule has 1 atom stereocenters. The second-order valence-corrected chi connectivity index (χ2v) is 7.36. The maximum Gasteiger partial charge on any atom is 0.422 e. The van der Waals surface area contributed by atoms with Crippen LogP contribution in [0.25, 0.3) is 10.9 Å². The third-order valence-electron chi connectivity index (χ3n) is 4.83. The summed E-state index contributed by atoms with van der Waals surface area (Å²) in [6.07, 6.45) is 3.00. The molecule has 0 aliphatic heterocycles. The zero-order chi connectivity index (χ0) is 23.6. The number of carbonyl (C=O) groups is 1. The number of halogens is 3. The molecule has 1 unspecified atom stereocenters. The minimum absolute atomic E-state index is 0.0102. The van der Waals surface area contributed by atoms with E-state index >= 15 is 0 Å². The van der Waals surface area contributed by atoms with Gasteiger partial charge in [-0.2, -0.15) is 18.3 Å². The summed E-state index contributed by atoms with van der Waals surface area (Å²) in [5.41, 5.74) is 1.81. The van der Waals surface area contributed by atoms with Gasteiger partial charge in [-0.1, -0.05) is 0 Å². The van der Waals surface area contributed by atoms with Crippen LogP contribution in [0.5, 0.6) is 5.88 Å². The largest absolute Gasteiger partial charge is 0.468 e. The SMILES string of the molecule is Cc1cc(C(C)n2cc3c(NC(=O)Cc4cnco4)nccc3n2)cnc1OCC(F)(F)F. The molecule has 0 saturated heterocycles. The molecule has 12 heteroatoms. The molecule has 9 nitrogen and oxygen atoms in total. The molecule has 0 radical (unpaired) electrons. The van der Waals surface area contributed by atoms with E-state index in [0.717, 1.165) is 5.56 Å². The zero-order valence-corrected chi connectivity index (χ0v) is 17.6. The Balaban J connectivity index is 1.53. The van der Waals surface area contributed by atoms with E-state index in [1.165, 1.54) is 25.0 Å². The van der Waals surface area contributed by atoms with Crippen molar-refractivity contribution in [1.29, 1.82) is 0 Å². The molecule has 0 bridgehead atoms. The Morgan fingerprint density at radius 2 is 2.12 bits per heavy atom. The quantitative estimate of drug-likeness (QED) is 0.446. The lowest BCUT2D eigenvalue weighted by Gasteiger charge is -2.15. The fraction of sp³-hybridized carbons (Fsp3) is 0.286. The van der Waals surface area contributed by atoms with Crippen molar-refractivity contribution in [3.05, 3.63) is 60.2 Å². The summed E-state index contributed by atoms with van der Waals surface area (Å²) in [6.45, 7) is 2.09. The molecule has 0 aromatic carbocycles. The second-order valence-electron chi connectivity index (χ2n) is 7.36. The Kier molecular flexibility index (Phi) is 5.99. The van der Waals surface area contributed by atoms with E-state index in [1.54, 1.807) is 29.9 Å². The first-order valence-electron chi connectivity index (χ1n) is 9.87. The summed E-state index contributed by atoms with van der Waals surface area (Å²) in [4.78, 5) is 24.4. The Hall–Kier alpha value is -3.96. The van der Waals surface area contributed by atoms with E-state index in [9.17, 15) is 18.0 Å². The number of aryl methyl sites for hydroxylation is 1. The Morgan fingerprint density at radius 1 is 1.30 bits per heavy atom. The van der Waals surface area contributed by atoms with Crippen LogP contribution in [-0.2, 0) is 11.2 Å². The van der Waals surface area contributed by atoms with Gasteiger partial charge in [0.2, 0.25) is 11.8 Å². The number of fused-ring (bicyclic) bond motifs is 1. The summed E-state index contributed by atoms with van der Waals surface area (Å²) in [5.74, 6) is 0.381. The smallest absolute Gasteiger partial charge is 0.422 e. The minimum atomic E-state index is -4.44. The molecule has 33 heavy (non-hydrogen) atoms. The van der Waals surface area contributed by atoms with Crippen LogP contribution in [-0.4, -0.2) is 43.4 Å². The number of ether oxygens (including phenoxy) is 1. The molecule has 0 fully saturated rings. The van der Waals surface area contributed by atoms with Crippen LogP contribution >= 0.6 is 0 Å². The van der Waals surface area contributed by atoms with Crippen molar-refractivity contribution < 1.29 is 27.1 Å². The normalized spacial score (nSPS) is 12.6. The lowest BCUT2D eigenvalue weighted by atomic mass is 10.1. The van der Waals surface area contributed by atoms with E-state index < -0.39 is 12.8 Å². The van der Waals surface area contributed by atoms with E-state index in [1.807, 2.05) is 6.92 Å². The van der Waals surface area contributed by atoms with Crippen molar-refractivity contribution in [2.75, 3.05) is 11.9 Å². The number of hydrogen-bond donors (Lipinski definition) is 1. The van der Waals surface area contributed by atoms with Gasteiger partial charge < -0.3 is 14.5 Å². The zero-order valence-electron chi connectivity index (χ0n) is 17.6. The number of carbonyl (C=O) groups excluding carboxylic acids is 1. The maximum atomic E-state index is 12.4. The predicted octanol–water partition coefficient (Wildman–Crippen LogP) is 3.85. The topological polar surface area (TPSA) is 108 Å². The fourth-order valence-corrected chi connectivity index (χ4v) is 3.19. The van der Waals surface area contributed by atoms with Crippen molar-refractivity contribution in [2.45, 2.75) is 32.5 Å². The molecule has 0 aliphatic carbocycles. The van der Waals surface area contributed by atoms with Gasteiger partial charge in [0.1, 0.15) is 11.6 Å². The number of amides is 1. The van der Waals surface area contributed by atoms with E-state index in [-0.39, 0.29) is 24.2 Å². The van der Waals surface area contributed by atoms with Gasteiger partial charge in [0.25, 0.3) is 0 Å². The Morgan fingerprint density at radius 3 is 2.82 bits per heavy atom. The van der Waals surface area contributed by atoms with Crippen molar-refractivity contribution in [3.63, 3.8) is 0 Å². The molecule has 4 rings (SSSR count). The number of alkyl halides is 3. The van der Waals surface area contributed by atoms with Gasteiger partial charge in [0.15, 0.2) is 13.0 Å². The van der Waals surface area contributed by atoms with Crippen molar-refractivity contribution in [2.24, 2.45) is 0 Å². The fourth-order valence-electron chi connectivity index (χ4n) is 3.19. The van der Waals surface area contributed by atoms with Crippen LogP contribution in [0.1, 0.15) is 29.9 Å². The van der Waals surface area contributed by atoms with Gasteiger partial charge in [0, 0.05) is 24.2 Å². The minimum Gasteiger partial charge on any atom is -0.468 e. The first kappa shape index (κ1) is 22.2. The van der Waals surface area contributed by atoms with Crippen molar-refractivity contribution in [3.8, 4) is 5.88 Å². The summed E-state index contributed by atoms with van der Waals surface area (Å²) >= 11 is 0. The number of pyridine rings is 2. The average Bonchev–Trinajstić information content (AvgIpc) is 3.42. The first-order valence-corrected chi connectivity index (χ1v) is 9.87. The van der Waals surface area contributed by atoms with Gasteiger partial charge in [0.05, 0.1) is 29.6 Å². The number of nitrogens with zero attached hydrogens (tertiary/aromatic N) is 5. The summed E-state index contributed by atoms with van der Waals surface area (Å²) in [7, 11) is 0. The van der Waals surface area contributed by atoms with Gasteiger partial charge in [-0.3, -0.25) is 9.48 Å². The van der Waals surface area contributed by atoms with E-state index in [4.69, 9.17) is 9.15 Å². The lowest BCUT2D eigenvalue weighted by Crippen LogP contribution is -2.20. The summed E-state index contributed by atoms with van der Waals surface area (Å²) in [6, 6.07) is 3.12. The molecular weight excluding hydrogens is 441 g/mol. The van der Waals surface area contributed by atoms with E-state index in [2.05, 4.69) is 25.4 Å². The van der Waals surface area contributed by atoms with Crippen LogP contribution in [0.4, 0.5) is 19.0 Å². The number of nitrogens with one attached hydrogen (secondary N) is 1. The van der Waals surface area contributed by atoms with E-state index in [0.29, 0.717) is 28.0 Å². The number of oxazole rings is 1. The third-order valence-corrected chi connectivity index (χ3v) is 4.83. The molecule has 0 saturated carbocycles. The summed E-state index contributed by atoms with van der Waals surface area (Å²) in [5, 5.41) is 7.92. The number of anilines is 1. The van der Waals surface area contributed by atoms with Crippen LogP contribution in [0, 0.1) is 6.92 Å². The molecule has 1 N–H and O–H groups in total. The Labute approximate surface area is 185 Å². The van der Waals surface area contributed by atoms with Crippen LogP contribution < -0.4 is 10.1 Å². The molecular formula is C21H19F3N6O3. The molecule has 0 spiro atoms. The molecule has 4 aromatic heterocycles. The maximum absolute atomic E-state index is 12.4. The third kappa shape index (κ3) is 5.27. The average molecular weight is 460 g/mol. The van der Waals surface area contributed by atoms with Gasteiger partial charge in [-0.25, -0.2) is 15.0 Å². The molecule has 4 aromatic rings. The molecule has 0 aliphatic rings. The van der Waals surface area contributed by atoms with Gasteiger partial charge in [-0.05, 0) is 31.5 Å². The standard InChI is InChI=1S/C21H19F3N6O3/c1-12-5-14(7-27-20(12)32-10-21(22,23)24)13(2)30-9-16-17(29-30)3-4-26-19(16)28-18(31)6-15-8-25-11-33-15/h3-5,7-9,11,13H,6,10H2,1-2H3,(H,26,28,31).